The Kier molecular flexibility index (Phi) is 2.25. The molecule has 68 valence electrons. The van der Waals surface area contributed by atoms with E-state index in [0.717, 1.165) is 16.6 Å². The molecule has 0 atom stereocenters. The van der Waals surface area contributed by atoms with Gasteiger partial charge in [0.05, 0.1) is 23.4 Å². The molecule has 4 heteroatoms. The van der Waals surface area contributed by atoms with Gasteiger partial charge in [0.2, 0.25) is 0 Å². The number of rotatable bonds is 1. The van der Waals surface area contributed by atoms with Crippen LogP contribution in [-0.2, 0) is 0 Å². The summed E-state index contributed by atoms with van der Waals surface area (Å²) in [6, 6.07) is 7.82. The fourth-order valence-corrected chi connectivity index (χ4v) is 1.85. The Morgan fingerprint density at radius 3 is 3.07 bits per heavy atom. The summed E-state index contributed by atoms with van der Waals surface area (Å²) in [6.45, 7) is 1.84. The van der Waals surface area contributed by atoms with Crippen molar-refractivity contribution < 1.29 is 0 Å². The molecule has 14 heavy (non-hydrogen) atoms. The van der Waals surface area contributed by atoms with Crippen molar-refractivity contribution in [3.63, 3.8) is 0 Å². The van der Waals surface area contributed by atoms with E-state index in [0.29, 0.717) is 5.57 Å². The molecule has 0 aliphatic rings. The molecule has 2 rings (SSSR count). The maximum atomic E-state index is 8.91. The predicted octanol–water partition coefficient (Wildman–Crippen LogP) is 2.62. The first-order chi connectivity index (χ1) is 6.86. The number of allylic oxidation sites excluding steroid dienone is 2. The Labute approximate surface area is 85.6 Å². The van der Waals surface area contributed by atoms with Crippen LogP contribution in [0.15, 0.2) is 24.3 Å². The third-order valence-corrected chi connectivity index (χ3v) is 2.53. The number of aromatic nitrogens is 2. The molecule has 1 aromatic heterocycles. The molecule has 0 fully saturated rings. The minimum absolute atomic E-state index is 0.642. The first kappa shape index (κ1) is 8.85. The van der Waals surface area contributed by atoms with E-state index in [9.17, 15) is 0 Å². The summed E-state index contributed by atoms with van der Waals surface area (Å²) < 4.78 is 8.30. The molecule has 0 amide bonds. The highest BCUT2D eigenvalue weighted by atomic mass is 32.1. The topological polar surface area (TPSA) is 49.6 Å². The molecular formula is C10H7N3S. The number of fused-ring (bicyclic) bond motifs is 1. The van der Waals surface area contributed by atoms with Gasteiger partial charge in [0, 0.05) is 5.56 Å². The van der Waals surface area contributed by atoms with E-state index >= 15 is 0 Å². The van der Waals surface area contributed by atoms with E-state index in [2.05, 4.69) is 14.8 Å². The Hall–Kier alpha value is -1.73. The van der Waals surface area contributed by atoms with E-state index in [-0.39, 0.29) is 0 Å². The van der Waals surface area contributed by atoms with Crippen molar-refractivity contribution in [2.24, 2.45) is 0 Å². The fourth-order valence-electron chi connectivity index (χ4n) is 1.30. The Bertz CT molecular complexity index is 534. The lowest BCUT2D eigenvalue weighted by Gasteiger charge is -1.97. The Balaban J connectivity index is 2.75. The van der Waals surface area contributed by atoms with E-state index in [4.69, 9.17) is 5.26 Å². The summed E-state index contributed by atoms with van der Waals surface area (Å²) in [4.78, 5) is 0. The van der Waals surface area contributed by atoms with Crippen LogP contribution in [0.3, 0.4) is 0 Å². The second-order valence-electron chi connectivity index (χ2n) is 2.75. The molecule has 1 aromatic carbocycles. The molecule has 2 aromatic rings. The smallest absolute Gasteiger partial charge is 0.113 e. The minimum Gasteiger partial charge on any atom is -0.192 e. The van der Waals surface area contributed by atoms with Crippen LogP contribution in [-0.4, -0.2) is 8.75 Å². The normalized spacial score (nSPS) is 11.6. The summed E-state index contributed by atoms with van der Waals surface area (Å²) in [5.41, 5.74) is 3.17. The third kappa shape index (κ3) is 1.28. The molecule has 0 saturated heterocycles. The largest absolute Gasteiger partial charge is 0.192 e. The van der Waals surface area contributed by atoms with Crippen LogP contribution in [0.1, 0.15) is 12.5 Å². The highest BCUT2D eigenvalue weighted by molar-refractivity contribution is 7.00. The lowest BCUT2D eigenvalue weighted by atomic mass is 10.1. The van der Waals surface area contributed by atoms with Gasteiger partial charge in [-0.15, -0.1) is 0 Å². The van der Waals surface area contributed by atoms with Gasteiger partial charge in [-0.2, -0.15) is 14.0 Å². The zero-order valence-corrected chi connectivity index (χ0v) is 8.38. The fraction of sp³-hybridized carbons (Fsp3) is 0.100. The van der Waals surface area contributed by atoms with Crippen molar-refractivity contribution in [1.29, 1.82) is 5.26 Å². The van der Waals surface area contributed by atoms with Gasteiger partial charge >= 0.3 is 0 Å². The van der Waals surface area contributed by atoms with E-state index in [1.165, 1.54) is 11.7 Å². The van der Waals surface area contributed by atoms with Gasteiger partial charge in [0.1, 0.15) is 11.0 Å². The van der Waals surface area contributed by atoms with Crippen LogP contribution in [0.25, 0.3) is 16.6 Å². The first-order valence-corrected chi connectivity index (χ1v) is 4.88. The van der Waals surface area contributed by atoms with E-state index in [1.54, 1.807) is 6.08 Å². The summed E-state index contributed by atoms with van der Waals surface area (Å²) in [6.07, 6.45) is 1.79. The van der Waals surface area contributed by atoms with Crippen LogP contribution in [0.4, 0.5) is 0 Å². The molecule has 0 bridgehead atoms. The predicted molar refractivity (Wildman–Crippen MR) is 56.7 cm³/mol. The van der Waals surface area contributed by atoms with Gasteiger partial charge in [-0.05, 0) is 13.0 Å². The molecular weight excluding hydrogens is 194 g/mol. The van der Waals surface area contributed by atoms with Gasteiger partial charge in [0.25, 0.3) is 0 Å². The van der Waals surface area contributed by atoms with Crippen LogP contribution in [0, 0.1) is 11.3 Å². The summed E-state index contributed by atoms with van der Waals surface area (Å²) in [5.74, 6) is 0. The Morgan fingerprint density at radius 2 is 2.36 bits per heavy atom. The molecule has 0 saturated carbocycles. The zero-order valence-electron chi connectivity index (χ0n) is 7.56. The number of nitriles is 1. The first-order valence-electron chi connectivity index (χ1n) is 4.15. The quantitative estimate of drug-likeness (QED) is 0.666. The molecule has 0 aliphatic carbocycles. The second-order valence-corrected chi connectivity index (χ2v) is 3.28. The van der Waals surface area contributed by atoms with Crippen LogP contribution >= 0.6 is 11.7 Å². The maximum Gasteiger partial charge on any atom is 0.113 e. The van der Waals surface area contributed by atoms with Gasteiger partial charge in [-0.1, -0.05) is 18.2 Å². The highest BCUT2D eigenvalue weighted by Crippen LogP contribution is 2.22. The van der Waals surface area contributed by atoms with Gasteiger partial charge in [-0.3, -0.25) is 0 Å². The number of hydrogen-bond acceptors (Lipinski definition) is 4. The van der Waals surface area contributed by atoms with E-state index in [1.807, 2.05) is 25.1 Å². The summed E-state index contributed by atoms with van der Waals surface area (Å²) >= 11 is 1.17. The standard InChI is InChI=1S/C10H7N3S/c1-2-7(6-11)8-4-3-5-9-10(8)13-14-12-9/h2-5H,1H3/b7-2+. The number of benzene rings is 1. The van der Waals surface area contributed by atoms with Crippen LogP contribution in [0.5, 0.6) is 0 Å². The summed E-state index contributed by atoms with van der Waals surface area (Å²) in [5, 5.41) is 8.91. The number of nitrogens with zero attached hydrogens (tertiary/aromatic N) is 3. The van der Waals surface area contributed by atoms with Crippen molar-refractivity contribution in [2.75, 3.05) is 0 Å². The average Bonchev–Trinajstić information content (AvgIpc) is 2.68. The zero-order chi connectivity index (χ0) is 9.97. The monoisotopic (exact) mass is 201 g/mol. The Morgan fingerprint density at radius 1 is 1.50 bits per heavy atom. The van der Waals surface area contributed by atoms with Gasteiger partial charge in [0.15, 0.2) is 0 Å². The molecule has 0 N–H and O–H groups in total. The van der Waals surface area contributed by atoms with Crippen molar-refractivity contribution in [3.05, 3.63) is 29.8 Å². The third-order valence-electron chi connectivity index (χ3n) is 1.99. The lowest BCUT2D eigenvalue weighted by Crippen LogP contribution is -1.83. The van der Waals surface area contributed by atoms with Crippen molar-refractivity contribution in [1.82, 2.24) is 8.75 Å². The molecule has 0 aliphatic heterocycles. The lowest BCUT2D eigenvalue weighted by molar-refractivity contribution is 1.51. The van der Waals surface area contributed by atoms with Crippen LogP contribution in [0.2, 0.25) is 0 Å². The van der Waals surface area contributed by atoms with Crippen molar-refractivity contribution in [3.8, 4) is 6.07 Å². The second kappa shape index (κ2) is 3.56. The van der Waals surface area contributed by atoms with E-state index < -0.39 is 0 Å². The van der Waals surface area contributed by atoms with Crippen molar-refractivity contribution in [2.45, 2.75) is 6.92 Å². The molecule has 0 radical (unpaired) electrons. The van der Waals surface area contributed by atoms with Gasteiger partial charge in [-0.25, -0.2) is 0 Å². The highest BCUT2D eigenvalue weighted by Gasteiger charge is 2.07. The average molecular weight is 201 g/mol. The van der Waals surface area contributed by atoms with Crippen molar-refractivity contribution >= 4 is 28.3 Å². The molecule has 0 unspecified atom stereocenters. The molecule has 1 heterocycles. The molecule has 0 spiro atoms. The SMILES string of the molecule is C/C=C(\C#N)c1cccc2nsnc12. The maximum absolute atomic E-state index is 8.91. The van der Waals surface area contributed by atoms with Gasteiger partial charge < -0.3 is 0 Å². The number of hydrogen-bond donors (Lipinski definition) is 0. The van der Waals surface area contributed by atoms with Crippen LogP contribution < -0.4 is 0 Å². The summed E-state index contributed by atoms with van der Waals surface area (Å²) in [7, 11) is 0. The molecule has 3 nitrogen and oxygen atoms in total. The minimum atomic E-state index is 0.642.